The van der Waals surface area contributed by atoms with E-state index in [4.69, 9.17) is 5.73 Å². The van der Waals surface area contributed by atoms with Crippen LogP contribution in [0.5, 0.6) is 0 Å². The van der Waals surface area contributed by atoms with Gasteiger partial charge in [0.05, 0.1) is 16.5 Å². The number of rotatable bonds is 1. The van der Waals surface area contributed by atoms with Gasteiger partial charge in [0, 0.05) is 13.1 Å². The second kappa shape index (κ2) is 3.75. The minimum absolute atomic E-state index is 0.0262. The number of carbonyl (C=O) groups is 1. The Bertz CT molecular complexity index is 360. The van der Waals surface area contributed by atoms with Crippen LogP contribution in [0, 0.1) is 0 Å². The standard InChI is InChI=1S/C9H18N2O3S/c1-7(10)8(12)11-4-5-15(13,14)9(2,3)6-11/h7H,4-6,10H2,1-3H3/t7-/m1/s1. The van der Waals surface area contributed by atoms with Crippen LogP contribution in [-0.2, 0) is 14.6 Å². The SMILES string of the molecule is C[C@@H](N)C(=O)N1CCS(=O)(=O)C(C)(C)C1. The average molecular weight is 234 g/mol. The van der Waals surface area contributed by atoms with Crippen molar-refractivity contribution in [1.82, 2.24) is 4.90 Å². The van der Waals surface area contributed by atoms with Gasteiger partial charge in [0.2, 0.25) is 5.91 Å². The number of hydrogen-bond donors (Lipinski definition) is 1. The molecule has 15 heavy (non-hydrogen) atoms. The maximum absolute atomic E-state index is 11.7. The average Bonchev–Trinajstić information content (AvgIpc) is 2.08. The summed E-state index contributed by atoms with van der Waals surface area (Å²) in [5, 5.41) is 0. The monoisotopic (exact) mass is 234 g/mol. The fourth-order valence-electron chi connectivity index (χ4n) is 1.62. The summed E-state index contributed by atoms with van der Waals surface area (Å²) >= 11 is 0. The molecule has 1 rings (SSSR count). The Morgan fingerprint density at radius 1 is 1.47 bits per heavy atom. The van der Waals surface area contributed by atoms with Crippen LogP contribution in [0.1, 0.15) is 20.8 Å². The van der Waals surface area contributed by atoms with Gasteiger partial charge in [-0.15, -0.1) is 0 Å². The molecule has 1 amide bonds. The summed E-state index contributed by atoms with van der Waals surface area (Å²) in [5.74, 6) is -0.156. The van der Waals surface area contributed by atoms with E-state index in [1.165, 1.54) is 4.90 Å². The van der Waals surface area contributed by atoms with Gasteiger partial charge in [-0.1, -0.05) is 0 Å². The Labute approximate surface area is 90.5 Å². The quantitative estimate of drug-likeness (QED) is 0.655. The smallest absolute Gasteiger partial charge is 0.239 e. The highest BCUT2D eigenvalue weighted by Gasteiger charge is 2.41. The molecule has 0 saturated carbocycles. The van der Waals surface area contributed by atoms with E-state index in [2.05, 4.69) is 0 Å². The molecule has 5 nitrogen and oxygen atoms in total. The summed E-state index contributed by atoms with van der Waals surface area (Å²) < 4.78 is 22.5. The maximum Gasteiger partial charge on any atom is 0.239 e. The van der Waals surface area contributed by atoms with E-state index in [0.29, 0.717) is 0 Å². The third kappa shape index (κ3) is 2.31. The van der Waals surface area contributed by atoms with Gasteiger partial charge in [-0.2, -0.15) is 0 Å². The lowest BCUT2D eigenvalue weighted by molar-refractivity contribution is -0.132. The van der Waals surface area contributed by atoms with Crippen molar-refractivity contribution in [3.63, 3.8) is 0 Å². The van der Waals surface area contributed by atoms with Crippen molar-refractivity contribution in [3.05, 3.63) is 0 Å². The fourth-order valence-corrected chi connectivity index (χ4v) is 2.99. The van der Waals surface area contributed by atoms with E-state index in [1.807, 2.05) is 0 Å². The topological polar surface area (TPSA) is 80.5 Å². The van der Waals surface area contributed by atoms with Crippen molar-refractivity contribution in [3.8, 4) is 0 Å². The predicted molar refractivity (Wildman–Crippen MR) is 58.1 cm³/mol. The molecular weight excluding hydrogens is 216 g/mol. The van der Waals surface area contributed by atoms with Gasteiger partial charge < -0.3 is 10.6 Å². The van der Waals surface area contributed by atoms with Gasteiger partial charge in [0.15, 0.2) is 9.84 Å². The third-order valence-corrected chi connectivity index (χ3v) is 5.28. The van der Waals surface area contributed by atoms with Crippen molar-refractivity contribution in [2.75, 3.05) is 18.8 Å². The summed E-state index contributed by atoms with van der Waals surface area (Å²) in [4.78, 5) is 13.1. The van der Waals surface area contributed by atoms with Gasteiger partial charge in [0.1, 0.15) is 0 Å². The lowest BCUT2D eigenvalue weighted by atomic mass is 10.1. The molecule has 0 aromatic heterocycles. The molecule has 0 bridgehead atoms. The Morgan fingerprint density at radius 2 is 2.00 bits per heavy atom. The molecule has 0 aromatic rings. The highest BCUT2D eigenvalue weighted by Crippen LogP contribution is 2.23. The lowest BCUT2D eigenvalue weighted by Crippen LogP contribution is -2.57. The highest BCUT2D eigenvalue weighted by atomic mass is 32.2. The number of sulfone groups is 1. The van der Waals surface area contributed by atoms with Crippen LogP contribution in [0.4, 0.5) is 0 Å². The van der Waals surface area contributed by atoms with Crippen molar-refractivity contribution >= 4 is 15.7 Å². The molecule has 0 aliphatic carbocycles. The molecule has 1 fully saturated rings. The molecule has 1 aliphatic heterocycles. The third-order valence-electron chi connectivity index (χ3n) is 2.74. The molecular formula is C9H18N2O3S. The maximum atomic E-state index is 11.7. The second-order valence-electron chi connectivity index (χ2n) is 4.63. The Morgan fingerprint density at radius 3 is 2.40 bits per heavy atom. The number of amides is 1. The lowest BCUT2D eigenvalue weighted by Gasteiger charge is -2.38. The Kier molecular flexibility index (Phi) is 3.11. The molecule has 0 radical (unpaired) electrons. The van der Waals surface area contributed by atoms with E-state index in [9.17, 15) is 13.2 Å². The van der Waals surface area contributed by atoms with Crippen LogP contribution >= 0.6 is 0 Å². The molecule has 1 aliphatic rings. The molecule has 6 heteroatoms. The minimum Gasteiger partial charge on any atom is -0.339 e. The molecule has 1 heterocycles. The van der Waals surface area contributed by atoms with E-state index in [0.717, 1.165) is 0 Å². The molecule has 0 unspecified atom stereocenters. The van der Waals surface area contributed by atoms with Gasteiger partial charge in [-0.05, 0) is 20.8 Å². The Hall–Kier alpha value is -0.620. The zero-order valence-electron chi connectivity index (χ0n) is 9.36. The van der Waals surface area contributed by atoms with E-state index >= 15 is 0 Å². The fraction of sp³-hybridized carbons (Fsp3) is 0.889. The van der Waals surface area contributed by atoms with Crippen LogP contribution in [0.3, 0.4) is 0 Å². The van der Waals surface area contributed by atoms with Gasteiger partial charge in [-0.3, -0.25) is 4.79 Å². The first-order chi connectivity index (χ1) is 6.67. The van der Waals surface area contributed by atoms with Crippen molar-refractivity contribution < 1.29 is 13.2 Å². The van der Waals surface area contributed by atoms with E-state index in [-0.39, 0.29) is 24.7 Å². The largest absolute Gasteiger partial charge is 0.339 e. The van der Waals surface area contributed by atoms with Gasteiger partial charge in [0.25, 0.3) is 0 Å². The van der Waals surface area contributed by atoms with E-state index in [1.54, 1.807) is 20.8 Å². The zero-order chi connectivity index (χ0) is 11.9. The first-order valence-corrected chi connectivity index (χ1v) is 6.59. The normalized spacial score (nSPS) is 26.0. The summed E-state index contributed by atoms with van der Waals surface area (Å²) in [7, 11) is -3.09. The summed E-state index contributed by atoms with van der Waals surface area (Å²) in [6, 6.07) is -0.568. The van der Waals surface area contributed by atoms with Crippen LogP contribution in [0.2, 0.25) is 0 Å². The van der Waals surface area contributed by atoms with E-state index < -0.39 is 20.6 Å². The summed E-state index contributed by atoms with van der Waals surface area (Å²) in [6.07, 6.45) is 0. The van der Waals surface area contributed by atoms with Crippen LogP contribution in [0.25, 0.3) is 0 Å². The van der Waals surface area contributed by atoms with Crippen molar-refractivity contribution in [2.45, 2.75) is 31.6 Å². The van der Waals surface area contributed by atoms with Crippen molar-refractivity contribution in [1.29, 1.82) is 0 Å². The molecule has 0 aromatic carbocycles. The van der Waals surface area contributed by atoms with Crippen molar-refractivity contribution in [2.24, 2.45) is 5.73 Å². The molecule has 88 valence electrons. The van der Waals surface area contributed by atoms with Gasteiger partial charge in [-0.25, -0.2) is 8.42 Å². The minimum atomic E-state index is -3.09. The van der Waals surface area contributed by atoms with Crippen LogP contribution < -0.4 is 5.73 Å². The molecule has 2 N–H and O–H groups in total. The van der Waals surface area contributed by atoms with Gasteiger partial charge >= 0.3 is 0 Å². The number of nitrogens with zero attached hydrogens (tertiary/aromatic N) is 1. The Balaban J connectivity index is 2.84. The first kappa shape index (κ1) is 12.4. The highest BCUT2D eigenvalue weighted by molar-refractivity contribution is 7.92. The summed E-state index contributed by atoms with van der Waals surface area (Å²) in [5.41, 5.74) is 5.48. The van der Waals surface area contributed by atoms with Crippen LogP contribution in [0.15, 0.2) is 0 Å². The molecule has 1 saturated heterocycles. The summed E-state index contributed by atoms with van der Waals surface area (Å²) in [6.45, 7) is 5.38. The number of hydrogen-bond acceptors (Lipinski definition) is 4. The number of carbonyl (C=O) groups excluding carboxylic acids is 1. The first-order valence-electron chi connectivity index (χ1n) is 4.94. The molecule has 0 spiro atoms. The number of nitrogens with two attached hydrogens (primary N) is 1. The molecule has 1 atom stereocenters. The second-order valence-corrected chi connectivity index (χ2v) is 7.37. The zero-order valence-corrected chi connectivity index (χ0v) is 10.2. The van der Waals surface area contributed by atoms with Crippen LogP contribution in [-0.4, -0.2) is 48.9 Å². The predicted octanol–water partition coefficient (Wildman–Crippen LogP) is -0.631.